The summed E-state index contributed by atoms with van der Waals surface area (Å²) >= 11 is 5.75. The van der Waals surface area contributed by atoms with E-state index in [1.807, 2.05) is 13.0 Å². The maximum absolute atomic E-state index is 9.17. The van der Waals surface area contributed by atoms with E-state index in [0.29, 0.717) is 5.02 Å². The van der Waals surface area contributed by atoms with E-state index >= 15 is 0 Å². The topological polar surface area (TPSA) is 46.2 Å². The molecule has 2 nitrogen and oxygen atoms in total. The van der Waals surface area contributed by atoms with Crippen LogP contribution in [0.25, 0.3) is 0 Å². The molecule has 0 heterocycles. The third-order valence-electron chi connectivity index (χ3n) is 2.03. The summed E-state index contributed by atoms with van der Waals surface area (Å²) in [5.41, 5.74) is 6.85. The van der Waals surface area contributed by atoms with Crippen LogP contribution in [0.4, 0.5) is 0 Å². The predicted molar refractivity (Wildman–Crippen MR) is 55.1 cm³/mol. The van der Waals surface area contributed by atoms with Crippen molar-refractivity contribution in [1.82, 2.24) is 0 Å². The molecule has 0 unspecified atom stereocenters. The van der Waals surface area contributed by atoms with Gasteiger partial charge in [-0.3, -0.25) is 0 Å². The second-order valence-corrected chi connectivity index (χ2v) is 3.57. The van der Waals surface area contributed by atoms with Gasteiger partial charge in [0.1, 0.15) is 5.75 Å². The third kappa shape index (κ3) is 2.90. The molecule has 3 N–H and O–H groups in total. The lowest BCUT2D eigenvalue weighted by Crippen LogP contribution is -2.21. The maximum Gasteiger partial charge on any atom is 0.134 e. The molecule has 0 aromatic heterocycles. The molecule has 0 amide bonds. The molecular weight excluding hydrogens is 186 g/mol. The Morgan fingerprint density at radius 2 is 2.23 bits per heavy atom. The minimum Gasteiger partial charge on any atom is -0.506 e. The zero-order chi connectivity index (χ0) is 9.84. The van der Waals surface area contributed by atoms with Gasteiger partial charge in [-0.2, -0.15) is 0 Å². The molecule has 0 aliphatic rings. The summed E-state index contributed by atoms with van der Waals surface area (Å²) in [6.07, 6.45) is 1.75. The van der Waals surface area contributed by atoms with Crippen molar-refractivity contribution in [2.24, 2.45) is 5.73 Å². The Morgan fingerprint density at radius 1 is 1.54 bits per heavy atom. The van der Waals surface area contributed by atoms with Crippen LogP contribution in [0.1, 0.15) is 18.9 Å². The first kappa shape index (κ1) is 10.4. The van der Waals surface area contributed by atoms with Crippen LogP contribution < -0.4 is 5.73 Å². The van der Waals surface area contributed by atoms with Crippen LogP contribution in [0, 0.1) is 0 Å². The molecule has 0 spiro atoms. The fourth-order valence-corrected chi connectivity index (χ4v) is 1.33. The lowest BCUT2D eigenvalue weighted by molar-refractivity contribution is 0.475. The summed E-state index contributed by atoms with van der Waals surface area (Å²) in [4.78, 5) is 0. The third-order valence-corrected chi connectivity index (χ3v) is 2.34. The predicted octanol–water partition coefficient (Wildman–Crippen LogP) is 2.33. The molecule has 3 heteroatoms. The average molecular weight is 200 g/mol. The molecule has 72 valence electrons. The van der Waals surface area contributed by atoms with E-state index in [1.54, 1.807) is 12.1 Å². The quantitative estimate of drug-likeness (QED) is 0.785. The van der Waals surface area contributed by atoms with E-state index in [4.69, 9.17) is 17.3 Å². The Bertz CT molecular complexity index is 288. The Morgan fingerprint density at radius 3 is 2.77 bits per heavy atom. The van der Waals surface area contributed by atoms with Crippen LogP contribution in [0.15, 0.2) is 18.2 Å². The normalized spacial score (nSPS) is 12.8. The van der Waals surface area contributed by atoms with Gasteiger partial charge in [-0.05, 0) is 30.5 Å². The van der Waals surface area contributed by atoms with Gasteiger partial charge in [0.15, 0.2) is 0 Å². The van der Waals surface area contributed by atoms with Crippen LogP contribution in [0.3, 0.4) is 0 Å². The van der Waals surface area contributed by atoms with Gasteiger partial charge in [0.25, 0.3) is 0 Å². The van der Waals surface area contributed by atoms with Crippen molar-refractivity contribution < 1.29 is 5.11 Å². The Labute approximate surface area is 83.3 Å². The largest absolute Gasteiger partial charge is 0.506 e. The summed E-state index contributed by atoms with van der Waals surface area (Å²) in [6, 6.07) is 5.36. The molecule has 1 aromatic carbocycles. The highest BCUT2D eigenvalue weighted by atomic mass is 35.5. The number of aromatic hydroxyl groups is 1. The molecule has 13 heavy (non-hydrogen) atoms. The van der Waals surface area contributed by atoms with Gasteiger partial charge >= 0.3 is 0 Å². The Hall–Kier alpha value is -0.730. The van der Waals surface area contributed by atoms with E-state index < -0.39 is 0 Å². The van der Waals surface area contributed by atoms with Crippen LogP contribution in [0.5, 0.6) is 5.75 Å². The lowest BCUT2D eigenvalue weighted by Gasteiger charge is -2.08. The molecule has 0 bridgehead atoms. The van der Waals surface area contributed by atoms with Crippen LogP contribution >= 0.6 is 11.6 Å². The number of benzene rings is 1. The molecule has 0 fully saturated rings. The minimum absolute atomic E-state index is 0.121. The van der Waals surface area contributed by atoms with E-state index in [9.17, 15) is 5.11 Å². The average Bonchev–Trinajstić information content (AvgIpc) is 2.11. The van der Waals surface area contributed by atoms with Crippen LogP contribution in [-0.2, 0) is 6.42 Å². The first-order valence-electron chi connectivity index (χ1n) is 4.36. The van der Waals surface area contributed by atoms with E-state index in [2.05, 4.69) is 0 Å². The number of phenols is 1. The number of nitrogens with two attached hydrogens (primary N) is 1. The second-order valence-electron chi connectivity index (χ2n) is 3.16. The molecule has 0 radical (unpaired) electrons. The van der Waals surface area contributed by atoms with Crippen molar-refractivity contribution >= 4 is 11.6 Å². The molecule has 0 saturated heterocycles. The van der Waals surface area contributed by atoms with Gasteiger partial charge in [-0.1, -0.05) is 24.6 Å². The Kier molecular flexibility index (Phi) is 3.58. The zero-order valence-corrected chi connectivity index (χ0v) is 8.38. The number of rotatable bonds is 3. The molecule has 1 rings (SSSR count). The van der Waals surface area contributed by atoms with Gasteiger partial charge in [0.2, 0.25) is 0 Å². The van der Waals surface area contributed by atoms with E-state index in [0.717, 1.165) is 18.4 Å². The molecule has 0 aliphatic heterocycles. The minimum atomic E-state index is 0.121. The molecular formula is C10H14ClNO. The molecule has 1 aromatic rings. The highest BCUT2D eigenvalue weighted by molar-refractivity contribution is 6.32. The SMILES string of the molecule is CC[C@@H](N)Cc1ccc(O)c(Cl)c1. The first-order valence-corrected chi connectivity index (χ1v) is 4.74. The van der Waals surface area contributed by atoms with Crippen LogP contribution in [0.2, 0.25) is 5.02 Å². The first-order chi connectivity index (χ1) is 6.13. The van der Waals surface area contributed by atoms with Gasteiger partial charge in [0, 0.05) is 6.04 Å². The molecule has 1 atom stereocenters. The van der Waals surface area contributed by atoms with Crippen molar-refractivity contribution in [2.75, 3.05) is 0 Å². The fraction of sp³-hybridized carbons (Fsp3) is 0.400. The second kappa shape index (κ2) is 4.49. The monoisotopic (exact) mass is 199 g/mol. The maximum atomic E-state index is 9.17. The van der Waals surface area contributed by atoms with Crippen molar-refractivity contribution in [3.63, 3.8) is 0 Å². The van der Waals surface area contributed by atoms with Gasteiger partial charge in [0.05, 0.1) is 5.02 Å². The lowest BCUT2D eigenvalue weighted by atomic mass is 10.0. The zero-order valence-electron chi connectivity index (χ0n) is 7.63. The van der Waals surface area contributed by atoms with Gasteiger partial charge in [-0.25, -0.2) is 0 Å². The number of hydrogen-bond acceptors (Lipinski definition) is 2. The van der Waals surface area contributed by atoms with Crippen LogP contribution in [-0.4, -0.2) is 11.1 Å². The van der Waals surface area contributed by atoms with E-state index in [1.165, 1.54) is 0 Å². The van der Waals surface area contributed by atoms with Crippen molar-refractivity contribution in [3.05, 3.63) is 28.8 Å². The summed E-state index contributed by atoms with van der Waals surface area (Å²) in [5, 5.41) is 9.56. The van der Waals surface area contributed by atoms with Crippen molar-refractivity contribution in [2.45, 2.75) is 25.8 Å². The van der Waals surface area contributed by atoms with Gasteiger partial charge in [-0.15, -0.1) is 0 Å². The van der Waals surface area contributed by atoms with E-state index in [-0.39, 0.29) is 11.8 Å². The number of phenolic OH excluding ortho intramolecular Hbond substituents is 1. The highest BCUT2D eigenvalue weighted by Gasteiger charge is 2.03. The summed E-state index contributed by atoms with van der Waals surface area (Å²) in [6.45, 7) is 2.05. The van der Waals surface area contributed by atoms with Crippen molar-refractivity contribution in [3.8, 4) is 5.75 Å². The highest BCUT2D eigenvalue weighted by Crippen LogP contribution is 2.24. The molecule has 0 saturated carbocycles. The fourth-order valence-electron chi connectivity index (χ4n) is 1.12. The summed E-state index contributed by atoms with van der Waals surface area (Å²) < 4.78 is 0. The number of halogens is 1. The number of hydrogen-bond donors (Lipinski definition) is 2. The standard InChI is InChI=1S/C10H14ClNO/c1-2-8(12)5-7-3-4-10(13)9(11)6-7/h3-4,6,8,13H,2,5,12H2,1H3/t8-/m1/s1. The van der Waals surface area contributed by atoms with Gasteiger partial charge < -0.3 is 10.8 Å². The van der Waals surface area contributed by atoms with Crippen molar-refractivity contribution in [1.29, 1.82) is 0 Å². The smallest absolute Gasteiger partial charge is 0.134 e. The summed E-state index contributed by atoms with van der Waals surface area (Å²) in [7, 11) is 0. The Balaban J connectivity index is 2.73. The summed E-state index contributed by atoms with van der Waals surface area (Å²) in [5.74, 6) is 0.121. The molecule has 0 aliphatic carbocycles.